The summed E-state index contributed by atoms with van der Waals surface area (Å²) in [5.41, 5.74) is 3.10. The maximum Gasteiger partial charge on any atom is 0.272 e. The van der Waals surface area contributed by atoms with E-state index in [4.69, 9.17) is 16.3 Å². The van der Waals surface area contributed by atoms with Gasteiger partial charge < -0.3 is 19.9 Å². The fraction of sp³-hybridized carbons (Fsp3) is 0.421. The topological polar surface area (TPSA) is 88.1 Å². The number of imidazole rings is 1. The third kappa shape index (κ3) is 3.89. The van der Waals surface area contributed by atoms with Gasteiger partial charge in [0, 0.05) is 37.3 Å². The van der Waals surface area contributed by atoms with Gasteiger partial charge >= 0.3 is 0 Å². The molecule has 4 rings (SSSR count). The van der Waals surface area contributed by atoms with Crippen LogP contribution in [0, 0.1) is 0 Å². The number of benzene rings is 1. The van der Waals surface area contributed by atoms with Gasteiger partial charge in [-0.1, -0.05) is 11.6 Å². The SMILES string of the molecule is COC[C@H](NC(=O)c1cc2n(n1)CCN(C)CC2)c1nc2cc(Cl)ccc2[nH]1. The fourth-order valence-corrected chi connectivity index (χ4v) is 3.56. The van der Waals surface area contributed by atoms with E-state index in [1.54, 1.807) is 19.2 Å². The van der Waals surface area contributed by atoms with E-state index in [9.17, 15) is 4.79 Å². The molecule has 9 heteroatoms. The highest BCUT2D eigenvalue weighted by Crippen LogP contribution is 2.21. The van der Waals surface area contributed by atoms with Crippen LogP contribution in [0.15, 0.2) is 24.3 Å². The molecular formula is C19H23ClN6O2. The summed E-state index contributed by atoms with van der Waals surface area (Å²) < 4.78 is 7.22. The molecule has 0 spiro atoms. The molecule has 2 aromatic heterocycles. The molecule has 148 valence electrons. The number of hydrogen-bond donors (Lipinski definition) is 2. The number of methoxy groups -OCH3 is 1. The first-order valence-electron chi connectivity index (χ1n) is 9.23. The second kappa shape index (κ2) is 7.90. The lowest BCUT2D eigenvalue weighted by Crippen LogP contribution is -2.32. The van der Waals surface area contributed by atoms with E-state index in [1.807, 2.05) is 16.8 Å². The molecule has 0 saturated heterocycles. The molecule has 28 heavy (non-hydrogen) atoms. The molecule has 1 aromatic carbocycles. The van der Waals surface area contributed by atoms with Crippen LogP contribution in [0.2, 0.25) is 5.02 Å². The van der Waals surface area contributed by atoms with E-state index >= 15 is 0 Å². The minimum Gasteiger partial charge on any atom is -0.382 e. The summed E-state index contributed by atoms with van der Waals surface area (Å²) >= 11 is 6.04. The van der Waals surface area contributed by atoms with Crippen LogP contribution in [0.25, 0.3) is 11.0 Å². The Balaban J connectivity index is 1.54. The highest BCUT2D eigenvalue weighted by Gasteiger charge is 2.23. The quantitative estimate of drug-likeness (QED) is 0.681. The van der Waals surface area contributed by atoms with Gasteiger partial charge in [-0.15, -0.1) is 0 Å². The third-order valence-corrected chi connectivity index (χ3v) is 5.21. The first-order chi connectivity index (χ1) is 13.5. The summed E-state index contributed by atoms with van der Waals surface area (Å²) in [6.45, 7) is 2.95. The summed E-state index contributed by atoms with van der Waals surface area (Å²) in [4.78, 5) is 22.9. The lowest BCUT2D eigenvalue weighted by atomic mass is 10.2. The van der Waals surface area contributed by atoms with Crippen LogP contribution >= 0.6 is 11.6 Å². The first kappa shape index (κ1) is 18.9. The predicted molar refractivity (Wildman–Crippen MR) is 107 cm³/mol. The fourth-order valence-electron chi connectivity index (χ4n) is 3.40. The van der Waals surface area contributed by atoms with Crippen LogP contribution in [0.3, 0.4) is 0 Å². The number of rotatable bonds is 5. The zero-order valence-corrected chi connectivity index (χ0v) is 16.7. The van der Waals surface area contributed by atoms with Crippen molar-refractivity contribution in [2.45, 2.75) is 19.0 Å². The van der Waals surface area contributed by atoms with Crippen LogP contribution in [-0.4, -0.2) is 64.4 Å². The van der Waals surface area contributed by atoms with Gasteiger partial charge in [-0.2, -0.15) is 5.10 Å². The molecule has 3 heterocycles. The molecule has 0 unspecified atom stereocenters. The molecule has 2 N–H and O–H groups in total. The Morgan fingerprint density at radius 1 is 1.36 bits per heavy atom. The van der Waals surface area contributed by atoms with E-state index in [0.29, 0.717) is 16.5 Å². The standard InChI is InChI=1S/C19H23ClN6O2/c1-25-6-5-13-10-16(24-26(13)8-7-25)19(27)23-17(11-28-2)18-21-14-4-3-12(20)9-15(14)22-18/h3-4,9-10,17H,5-8,11H2,1-2H3,(H,21,22)(H,23,27)/t17-/m0/s1. The molecule has 1 aliphatic rings. The van der Waals surface area contributed by atoms with Crippen molar-refractivity contribution in [2.75, 3.05) is 33.9 Å². The Hall–Kier alpha value is -2.42. The van der Waals surface area contributed by atoms with E-state index in [2.05, 4.69) is 32.3 Å². The van der Waals surface area contributed by atoms with Crippen molar-refractivity contribution in [1.29, 1.82) is 0 Å². The summed E-state index contributed by atoms with van der Waals surface area (Å²) in [6.07, 6.45) is 0.878. The molecule has 0 aliphatic carbocycles. The normalized spacial score (nSPS) is 16.0. The number of aromatic amines is 1. The molecule has 0 radical (unpaired) electrons. The summed E-state index contributed by atoms with van der Waals surface area (Å²) in [5.74, 6) is 0.379. The minimum atomic E-state index is -0.420. The van der Waals surface area contributed by atoms with E-state index in [0.717, 1.165) is 42.8 Å². The molecule has 1 aliphatic heterocycles. The Bertz CT molecular complexity index is 972. The molecule has 3 aromatic rings. The van der Waals surface area contributed by atoms with Crippen molar-refractivity contribution < 1.29 is 9.53 Å². The van der Waals surface area contributed by atoms with Crippen LogP contribution in [-0.2, 0) is 17.7 Å². The summed E-state index contributed by atoms with van der Waals surface area (Å²) in [5, 5.41) is 8.09. The summed E-state index contributed by atoms with van der Waals surface area (Å²) in [6, 6.07) is 6.90. The van der Waals surface area contributed by atoms with Gasteiger partial charge in [-0.05, 0) is 31.3 Å². The Kier molecular flexibility index (Phi) is 5.34. The Morgan fingerprint density at radius 2 is 2.21 bits per heavy atom. The van der Waals surface area contributed by atoms with E-state index in [1.165, 1.54) is 0 Å². The molecular weight excluding hydrogens is 380 g/mol. The molecule has 0 bridgehead atoms. The van der Waals surface area contributed by atoms with Crippen LogP contribution in [0.1, 0.15) is 28.0 Å². The van der Waals surface area contributed by atoms with Crippen molar-refractivity contribution in [3.63, 3.8) is 0 Å². The second-order valence-corrected chi connectivity index (χ2v) is 7.50. The van der Waals surface area contributed by atoms with Crippen molar-refractivity contribution in [3.8, 4) is 0 Å². The zero-order chi connectivity index (χ0) is 19.7. The van der Waals surface area contributed by atoms with Gasteiger partial charge in [0.05, 0.1) is 24.2 Å². The van der Waals surface area contributed by atoms with Crippen LogP contribution in [0.5, 0.6) is 0 Å². The van der Waals surface area contributed by atoms with E-state index in [-0.39, 0.29) is 12.5 Å². The molecule has 1 atom stereocenters. The maximum absolute atomic E-state index is 12.8. The number of nitrogens with one attached hydrogen (secondary N) is 2. The van der Waals surface area contributed by atoms with Crippen LogP contribution < -0.4 is 5.32 Å². The van der Waals surface area contributed by atoms with Crippen molar-refractivity contribution in [1.82, 2.24) is 30.0 Å². The van der Waals surface area contributed by atoms with Gasteiger partial charge in [0.15, 0.2) is 0 Å². The van der Waals surface area contributed by atoms with Gasteiger partial charge in [0.2, 0.25) is 0 Å². The number of H-pyrrole nitrogens is 1. The minimum absolute atomic E-state index is 0.241. The van der Waals surface area contributed by atoms with Gasteiger partial charge in [0.1, 0.15) is 17.6 Å². The van der Waals surface area contributed by atoms with Gasteiger partial charge in [-0.25, -0.2) is 4.98 Å². The first-order valence-corrected chi connectivity index (χ1v) is 9.61. The lowest BCUT2D eigenvalue weighted by molar-refractivity contribution is 0.0886. The number of amides is 1. The molecule has 0 fully saturated rings. The number of carbonyl (C=O) groups excluding carboxylic acids is 1. The number of fused-ring (bicyclic) bond motifs is 2. The summed E-state index contributed by atoms with van der Waals surface area (Å²) in [7, 11) is 3.68. The number of ether oxygens (including phenoxy) is 1. The Morgan fingerprint density at radius 3 is 3.04 bits per heavy atom. The maximum atomic E-state index is 12.8. The number of hydrogen-bond acceptors (Lipinski definition) is 5. The number of nitrogens with zero attached hydrogens (tertiary/aromatic N) is 4. The average Bonchev–Trinajstić information content (AvgIpc) is 3.23. The Labute approximate surface area is 167 Å². The van der Waals surface area contributed by atoms with Crippen molar-refractivity contribution in [3.05, 3.63) is 46.5 Å². The predicted octanol–water partition coefficient (Wildman–Crippen LogP) is 2.02. The zero-order valence-electron chi connectivity index (χ0n) is 15.9. The molecule has 1 amide bonds. The molecule has 8 nitrogen and oxygen atoms in total. The largest absolute Gasteiger partial charge is 0.382 e. The number of carbonyl (C=O) groups is 1. The highest BCUT2D eigenvalue weighted by molar-refractivity contribution is 6.31. The average molecular weight is 403 g/mol. The number of halogens is 1. The number of aromatic nitrogens is 4. The number of likely N-dealkylation sites (N-methyl/N-ethyl adjacent to an activating group) is 1. The monoisotopic (exact) mass is 402 g/mol. The van der Waals surface area contributed by atoms with Gasteiger partial charge in [0.25, 0.3) is 5.91 Å². The highest BCUT2D eigenvalue weighted by atomic mass is 35.5. The van der Waals surface area contributed by atoms with E-state index < -0.39 is 6.04 Å². The lowest BCUT2D eigenvalue weighted by Gasteiger charge is -2.15. The van der Waals surface area contributed by atoms with Crippen LogP contribution in [0.4, 0.5) is 0 Å². The van der Waals surface area contributed by atoms with Crippen molar-refractivity contribution in [2.24, 2.45) is 0 Å². The smallest absolute Gasteiger partial charge is 0.272 e. The van der Waals surface area contributed by atoms with Gasteiger partial charge in [-0.3, -0.25) is 9.48 Å². The van der Waals surface area contributed by atoms with Crippen molar-refractivity contribution >= 4 is 28.5 Å². The molecule has 0 saturated carbocycles. The second-order valence-electron chi connectivity index (χ2n) is 7.06. The third-order valence-electron chi connectivity index (χ3n) is 4.97.